The summed E-state index contributed by atoms with van der Waals surface area (Å²) in [6.07, 6.45) is 2.27. The van der Waals surface area contributed by atoms with Gasteiger partial charge in [-0.05, 0) is 29.9 Å². The van der Waals surface area contributed by atoms with E-state index in [1.807, 2.05) is 65.6 Å². The summed E-state index contributed by atoms with van der Waals surface area (Å²) in [5, 5.41) is -0.291. The SMILES string of the molecule is O=C(C[S+]([O-])C(c1ccccc1)c1ccccc1)N1CCN(CC2CCOCC2)CC1. The highest BCUT2D eigenvalue weighted by Gasteiger charge is 2.32. The molecule has 5 nitrogen and oxygen atoms in total. The van der Waals surface area contributed by atoms with Gasteiger partial charge in [-0.3, -0.25) is 9.69 Å². The summed E-state index contributed by atoms with van der Waals surface area (Å²) in [6.45, 7) is 6.09. The van der Waals surface area contributed by atoms with Crippen LogP contribution >= 0.6 is 0 Å². The van der Waals surface area contributed by atoms with Crippen molar-refractivity contribution in [1.82, 2.24) is 9.80 Å². The molecule has 2 fully saturated rings. The first-order valence-corrected chi connectivity index (χ1v) is 12.6. The minimum atomic E-state index is -1.32. The summed E-state index contributed by atoms with van der Waals surface area (Å²) in [5.41, 5.74) is 1.97. The standard InChI is InChI=1S/C25H32N2O3S/c28-24(27-15-13-26(14-16-27)19-21-11-17-30-18-12-21)20-31(29)25(22-7-3-1-4-8-22)23-9-5-2-6-10-23/h1-10,21,25H,11-20H2. The smallest absolute Gasteiger partial charge is 0.272 e. The van der Waals surface area contributed by atoms with E-state index in [9.17, 15) is 9.35 Å². The van der Waals surface area contributed by atoms with Crippen molar-refractivity contribution in [3.8, 4) is 0 Å². The Morgan fingerprint density at radius 3 is 2.03 bits per heavy atom. The molecule has 1 amide bonds. The molecule has 0 spiro atoms. The Morgan fingerprint density at radius 1 is 0.935 bits per heavy atom. The van der Waals surface area contributed by atoms with Gasteiger partial charge < -0.3 is 14.2 Å². The number of carbonyl (C=O) groups is 1. The second-order valence-electron chi connectivity index (χ2n) is 8.46. The maximum atomic E-state index is 13.4. The van der Waals surface area contributed by atoms with Crippen LogP contribution in [-0.4, -0.2) is 72.0 Å². The lowest BCUT2D eigenvalue weighted by Gasteiger charge is -2.37. The Hall–Kier alpha value is -1.86. The van der Waals surface area contributed by atoms with Gasteiger partial charge in [0.05, 0.1) is 0 Å². The van der Waals surface area contributed by atoms with Crippen LogP contribution in [0.4, 0.5) is 0 Å². The number of ether oxygens (including phenoxy) is 1. The fraction of sp³-hybridized carbons (Fsp3) is 0.480. The zero-order valence-corrected chi connectivity index (χ0v) is 18.8. The number of piperazine rings is 1. The summed E-state index contributed by atoms with van der Waals surface area (Å²) in [6, 6.07) is 19.7. The van der Waals surface area contributed by atoms with E-state index in [1.54, 1.807) is 0 Å². The predicted octanol–water partition coefficient (Wildman–Crippen LogP) is 3.10. The number of hydrogen-bond acceptors (Lipinski definition) is 4. The highest BCUT2D eigenvalue weighted by atomic mass is 32.2. The average molecular weight is 441 g/mol. The first kappa shape index (κ1) is 22.3. The van der Waals surface area contributed by atoms with Crippen LogP contribution < -0.4 is 0 Å². The van der Waals surface area contributed by atoms with E-state index in [0.29, 0.717) is 5.92 Å². The minimum absolute atomic E-state index is 0.000844. The lowest BCUT2D eigenvalue weighted by Crippen LogP contribution is -2.51. The number of rotatable bonds is 7. The Kier molecular flexibility index (Phi) is 8.03. The molecule has 0 N–H and O–H groups in total. The summed E-state index contributed by atoms with van der Waals surface area (Å²) in [4.78, 5) is 17.3. The Labute approximate surface area is 188 Å². The molecule has 2 saturated heterocycles. The van der Waals surface area contributed by atoms with E-state index < -0.39 is 11.2 Å². The molecule has 31 heavy (non-hydrogen) atoms. The molecule has 2 aliphatic heterocycles. The molecule has 0 bridgehead atoms. The molecular formula is C25H32N2O3S. The molecule has 0 aliphatic carbocycles. The zero-order valence-electron chi connectivity index (χ0n) is 18.0. The number of nitrogens with zero attached hydrogens (tertiary/aromatic N) is 2. The van der Waals surface area contributed by atoms with Gasteiger partial charge in [0, 0.05) is 57.1 Å². The molecule has 6 heteroatoms. The summed E-state index contributed by atoms with van der Waals surface area (Å²) < 4.78 is 18.8. The van der Waals surface area contributed by atoms with Gasteiger partial charge in [0.15, 0.2) is 11.0 Å². The fourth-order valence-corrected chi connectivity index (χ4v) is 6.04. The van der Waals surface area contributed by atoms with Gasteiger partial charge in [-0.25, -0.2) is 0 Å². The maximum Gasteiger partial charge on any atom is 0.272 e. The van der Waals surface area contributed by atoms with Crippen molar-refractivity contribution in [2.45, 2.75) is 18.1 Å². The first-order valence-electron chi connectivity index (χ1n) is 11.3. The Bertz CT molecular complexity index is 767. The quantitative estimate of drug-likeness (QED) is 0.621. The summed E-state index contributed by atoms with van der Waals surface area (Å²) >= 11 is -1.32. The van der Waals surface area contributed by atoms with Crippen molar-refractivity contribution < 1.29 is 14.1 Å². The van der Waals surface area contributed by atoms with Crippen molar-refractivity contribution in [2.24, 2.45) is 5.92 Å². The molecule has 1 unspecified atom stereocenters. The molecule has 2 aromatic carbocycles. The van der Waals surface area contributed by atoms with E-state index in [1.165, 1.54) is 0 Å². The third kappa shape index (κ3) is 6.10. The molecule has 0 saturated carbocycles. The van der Waals surface area contributed by atoms with Crippen molar-refractivity contribution in [2.75, 3.05) is 51.7 Å². The predicted molar refractivity (Wildman–Crippen MR) is 124 cm³/mol. The highest BCUT2D eigenvalue weighted by Crippen LogP contribution is 2.31. The van der Waals surface area contributed by atoms with E-state index in [-0.39, 0.29) is 16.9 Å². The number of hydrogen-bond donors (Lipinski definition) is 0. The van der Waals surface area contributed by atoms with Crippen LogP contribution in [0.3, 0.4) is 0 Å². The van der Waals surface area contributed by atoms with Crippen LogP contribution in [0.5, 0.6) is 0 Å². The second kappa shape index (κ2) is 11.1. The summed E-state index contributed by atoms with van der Waals surface area (Å²) in [5.74, 6) is 0.774. The maximum absolute atomic E-state index is 13.4. The van der Waals surface area contributed by atoms with E-state index in [4.69, 9.17) is 4.74 Å². The van der Waals surface area contributed by atoms with Crippen LogP contribution in [0.1, 0.15) is 29.2 Å². The van der Waals surface area contributed by atoms with Crippen molar-refractivity contribution in [1.29, 1.82) is 0 Å². The van der Waals surface area contributed by atoms with E-state index in [2.05, 4.69) is 4.90 Å². The molecule has 2 heterocycles. The van der Waals surface area contributed by atoms with Crippen LogP contribution in [0, 0.1) is 5.92 Å². The number of amides is 1. The van der Waals surface area contributed by atoms with E-state index in [0.717, 1.165) is 69.9 Å². The molecule has 2 aromatic rings. The van der Waals surface area contributed by atoms with Gasteiger partial charge in [0.2, 0.25) is 0 Å². The fourth-order valence-electron chi connectivity index (χ4n) is 4.52. The van der Waals surface area contributed by atoms with Crippen molar-refractivity contribution in [3.63, 3.8) is 0 Å². The lowest BCUT2D eigenvalue weighted by atomic mass is 9.99. The monoisotopic (exact) mass is 440 g/mol. The molecule has 0 aromatic heterocycles. The zero-order chi connectivity index (χ0) is 21.5. The van der Waals surface area contributed by atoms with Crippen LogP contribution in [0.15, 0.2) is 60.7 Å². The van der Waals surface area contributed by atoms with E-state index >= 15 is 0 Å². The molecular weight excluding hydrogens is 408 g/mol. The van der Waals surface area contributed by atoms with Gasteiger partial charge in [-0.15, -0.1) is 0 Å². The molecule has 1 atom stereocenters. The summed E-state index contributed by atoms with van der Waals surface area (Å²) in [7, 11) is 0. The normalized spacial score (nSPS) is 19.5. The van der Waals surface area contributed by atoms with Gasteiger partial charge in [0.25, 0.3) is 5.91 Å². The van der Waals surface area contributed by atoms with Gasteiger partial charge in [-0.1, -0.05) is 60.7 Å². The van der Waals surface area contributed by atoms with Gasteiger partial charge in [0.1, 0.15) is 0 Å². The first-order chi connectivity index (χ1) is 15.2. The molecule has 2 aliphatic rings. The number of benzene rings is 2. The molecule has 0 radical (unpaired) electrons. The van der Waals surface area contributed by atoms with Crippen LogP contribution in [-0.2, 0) is 20.7 Å². The third-order valence-electron chi connectivity index (χ3n) is 6.32. The second-order valence-corrected chi connectivity index (χ2v) is 9.99. The third-order valence-corrected chi connectivity index (χ3v) is 7.92. The minimum Gasteiger partial charge on any atom is -0.615 e. The number of carbonyl (C=O) groups excluding carboxylic acids is 1. The Morgan fingerprint density at radius 2 is 1.48 bits per heavy atom. The lowest BCUT2D eigenvalue weighted by molar-refractivity contribution is -0.130. The largest absolute Gasteiger partial charge is 0.615 e. The highest BCUT2D eigenvalue weighted by molar-refractivity contribution is 7.92. The van der Waals surface area contributed by atoms with Gasteiger partial charge in [-0.2, -0.15) is 0 Å². The van der Waals surface area contributed by atoms with Gasteiger partial charge >= 0.3 is 0 Å². The van der Waals surface area contributed by atoms with Crippen molar-refractivity contribution in [3.05, 3.63) is 71.8 Å². The van der Waals surface area contributed by atoms with Crippen molar-refractivity contribution >= 4 is 17.1 Å². The Balaban J connectivity index is 1.34. The molecule has 4 rings (SSSR count). The molecule has 166 valence electrons. The van der Waals surface area contributed by atoms with Crippen LogP contribution in [0.25, 0.3) is 0 Å². The average Bonchev–Trinajstić information content (AvgIpc) is 2.82. The van der Waals surface area contributed by atoms with Crippen LogP contribution in [0.2, 0.25) is 0 Å². The topological polar surface area (TPSA) is 55.8 Å².